The van der Waals surface area contributed by atoms with E-state index in [-0.39, 0.29) is 11.5 Å². The van der Waals surface area contributed by atoms with Crippen molar-refractivity contribution in [3.05, 3.63) is 47.8 Å². The number of hydrogen-bond acceptors (Lipinski definition) is 6. The van der Waals surface area contributed by atoms with Gasteiger partial charge in [0.05, 0.1) is 17.8 Å². The van der Waals surface area contributed by atoms with Crippen LogP contribution in [0.5, 0.6) is 5.88 Å². The maximum Gasteiger partial charge on any atom is 0.253 e. The summed E-state index contributed by atoms with van der Waals surface area (Å²) in [5.74, 6) is 1.27. The highest BCUT2D eigenvalue weighted by molar-refractivity contribution is 5.93. The first-order valence-electron chi connectivity index (χ1n) is 10.1. The molecule has 0 saturated carbocycles. The highest BCUT2D eigenvalue weighted by Crippen LogP contribution is 2.21. The zero-order valence-electron chi connectivity index (χ0n) is 17.5. The summed E-state index contributed by atoms with van der Waals surface area (Å²) in [7, 11) is 0. The first kappa shape index (κ1) is 21.0. The fraction of sp³-hybridized carbons (Fsp3) is 0.500. The van der Waals surface area contributed by atoms with Crippen molar-refractivity contribution in [2.24, 2.45) is 0 Å². The summed E-state index contributed by atoms with van der Waals surface area (Å²) in [6.45, 7) is 9.36. The summed E-state index contributed by atoms with van der Waals surface area (Å²) in [4.78, 5) is 23.5. The van der Waals surface area contributed by atoms with E-state index < -0.39 is 0 Å². The number of carbonyl (C=O) groups excluding carboxylic acids is 1. The molecular formula is C22H30N4O3. The number of nitrogens with zero attached hydrogens (tertiary/aromatic N) is 3. The van der Waals surface area contributed by atoms with Crippen LogP contribution in [0.1, 0.15) is 49.5 Å². The van der Waals surface area contributed by atoms with Crippen LogP contribution in [-0.4, -0.2) is 47.8 Å². The van der Waals surface area contributed by atoms with Crippen LogP contribution in [0.2, 0.25) is 0 Å². The zero-order chi connectivity index (χ0) is 20.7. The van der Waals surface area contributed by atoms with Crippen LogP contribution in [0, 0.1) is 0 Å². The first-order valence-corrected chi connectivity index (χ1v) is 10.1. The quantitative estimate of drug-likeness (QED) is 0.688. The Balaban J connectivity index is 1.50. The Morgan fingerprint density at radius 2 is 1.93 bits per heavy atom. The number of carbonyl (C=O) groups is 1. The number of nitrogens with one attached hydrogen (secondary N) is 1. The standard InChI is InChI=1S/C22H30N4O3/c1-22(2,3)29-14-13-28-19-9-8-18(16-24-19)21(27)25-15-17-7-6-10-23-20(17)26-11-4-5-12-26/h6-10,16H,4-5,11-15H2,1-3H3,(H,25,27). The molecule has 0 spiro atoms. The minimum atomic E-state index is -0.193. The third-order valence-electron chi connectivity index (χ3n) is 4.58. The number of ether oxygens (including phenoxy) is 2. The predicted molar refractivity (Wildman–Crippen MR) is 112 cm³/mol. The number of aromatic nitrogens is 2. The van der Waals surface area contributed by atoms with Crippen LogP contribution in [-0.2, 0) is 11.3 Å². The van der Waals surface area contributed by atoms with Gasteiger partial charge in [-0.1, -0.05) is 6.07 Å². The lowest BCUT2D eigenvalue weighted by Gasteiger charge is -2.20. The summed E-state index contributed by atoms with van der Waals surface area (Å²) < 4.78 is 11.2. The third kappa shape index (κ3) is 6.42. The van der Waals surface area contributed by atoms with E-state index in [2.05, 4.69) is 20.2 Å². The van der Waals surface area contributed by atoms with Crippen molar-refractivity contribution in [2.75, 3.05) is 31.2 Å². The van der Waals surface area contributed by atoms with Gasteiger partial charge in [0.25, 0.3) is 5.91 Å². The maximum absolute atomic E-state index is 12.5. The molecule has 0 radical (unpaired) electrons. The van der Waals surface area contributed by atoms with Gasteiger partial charge >= 0.3 is 0 Å². The molecule has 0 aromatic carbocycles. The summed E-state index contributed by atoms with van der Waals surface area (Å²) in [5, 5.41) is 2.96. The average Bonchev–Trinajstić information content (AvgIpc) is 3.24. The van der Waals surface area contributed by atoms with Crippen molar-refractivity contribution in [1.29, 1.82) is 0 Å². The highest BCUT2D eigenvalue weighted by Gasteiger charge is 2.17. The Hall–Kier alpha value is -2.67. The monoisotopic (exact) mass is 398 g/mol. The number of hydrogen-bond donors (Lipinski definition) is 1. The Kier molecular flexibility index (Phi) is 7.04. The Morgan fingerprint density at radius 1 is 1.14 bits per heavy atom. The van der Waals surface area contributed by atoms with Crippen molar-refractivity contribution in [3.63, 3.8) is 0 Å². The Labute approximate surface area is 172 Å². The second-order valence-electron chi connectivity index (χ2n) is 8.06. The molecule has 0 aliphatic carbocycles. The average molecular weight is 399 g/mol. The van der Waals surface area contributed by atoms with Gasteiger partial charge in [-0.05, 0) is 45.7 Å². The van der Waals surface area contributed by atoms with Gasteiger partial charge in [0.1, 0.15) is 12.4 Å². The van der Waals surface area contributed by atoms with E-state index in [1.54, 1.807) is 18.3 Å². The predicted octanol–water partition coefficient (Wildman–Crippen LogP) is 3.20. The second-order valence-corrected chi connectivity index (χ2v) is 8.06. The van der Waals surface area contributed by atoms with E-state index in [1.807, 2.05) is 32.9 Å². The molecule has 1 aliphatic heterocycles. The molecule has 29 heavy (non-hydrogen) atoms. The summed E-state index contributed by atoms with van der Waals surface area (Å²) in [6.07, 6.45) is 5.70. The van der Waals surface area contributed by atoms with Crippen molar-refractivity contribution < 1.29 is 14.3 Å². The molecule has 2 aromatic heterocycles. The lowest BCUT2D eigenvalue weighted by Crippen LogP contribution is -2.26. The van der Waals surface area contributed by atoms with Gasteiger partial charge in [0, 0.05) is 43.7 Å². The molecule has 3 rings (SSSR count). The lowest BCUT2D eigenvalue weighted by atomic mass is 10.2. The van der Waals surface area contributed by atoms with E-state index in [1.165, 1.54) is 19.0 Å². The van der Waals surface area contributed by atoms with Crippen LogP contribution in [0.15, 0.2) is 36.7 Å². The molecule has 1 aliphatic rings. The van der Waals surface area contributed by atoms with Crippen LogP contribution >= 0.6 is 0 Å². The maximum atomic E-state index is 12.5. The second kappa shape index (κ2) is 9.69. The largest absolute Gasteiger partial charge is 0.475 e. The summed E-state index contributed by atoms with van der Waals surface area (Å²) in [6, 6.07) is 7.33. The molecule has 0 unspecified atom stereocenters. The van der Waals surface area contributed by atoms with Crippen LogP contribution in [0.3, 0.4) is 0 Å². The number of amides is 1. The minimum Gasteiger partial charge on any atom is -0.475 e. The summed E-state index contributed by atoms with van der Waals surface area (Å²) >= 11 is 0. The Morgan fingerprint density at radius 3 is 2.62 bits per heavy atom. The SMILES string of the molecule is CC(C)(C)OCCOc1ccc(C(=O)NCc2cccnc2N2CCCC2)cn1. The van der Waals surface area contributed by atoms with E-state index in [0.29, 0.717) is 31.2 Å². The fourth-order valence-electron chi connectivity index (χ4n) is 3.15. The topological polar surface area (TPSA) is 76.6 Å². The first-order chi connectivity index (χ1) is 13.9. The fourth-order valence-corrected chi connectivity index (χ4v) is 3.15. The van der Waals surface area contributed by atoms with Crippen molar-refractivity contribution >= 4 is 11.7 Å². The van der Waals surface area contributed by atoms with Gasteiger partial charge < -0.3 is 19.7 Å². The smallest absolute Gasteiger partial charge is 0.253 e. The van der Waals surface area contributed by atoms with Gasteiger partial charge in [-0.2, -0.15) is 0 Å². The highest BCUT2D eigenvalue weighted by atomic mass is 16.5. The van der Waals surface area contributed by atoms with Gasteiger partial charge in [-0.25, -0.2) is 9.97 Å². The van der Waals surface area contributed by atoms with Gasteiger partial charge in [-0.3, -0.25) is 4.79 Å². The normalized spacial score (nSPS) is 14.1. The van der Waals surface area contributed by atoms with Gasteiger partial charge in [0.15, 0.2) is 0 Å². The van der Waals surface area contributed by atoms with E-state index in [9.17, 15) is 4.79 Å². The molecule has 0 atom stereocenters. The van der Waals surface area contributed by atoms with E-state index >= 15 is 0 Å². The molecule has 0 bridgehead atoms. The molecular weight excluding hydrogens is 368 g/mol. The molecule has 7 heteroatoms. The minimum absolute atomic E-state index is 0.170. The number of pyridine rings is 2. The molecule has 3 heterocycles. The molecule has 1 N–H and O–H groups in total. The molecule has 1 amide bonds. The number of rotatable bonds is 8. The van der Waals surface area contributed by atoms with Gasteiger partial charge in [0.2, 0.25) is 5.88 Å². The summed E-state index contributed by atoms with van der Waals surface area (Å²) in [5.41, 5.74) is 1.33. The van der Waals surface area contributed by atoms with Crippen LogP contribution in [0.4, 0.5) is 5.82 Å². The lowest BCUT2D eigenvalue weighted by molar-refractivity contribution is -0.0168. The molecule has 2 aromatic rings. The molecule has 1 fully saturated rings. The molecule has 7 nitrogen and oxygen atoms in total. The van der Waals surface area contributed by atoms with Crippen molar-refractivity contribution in [2.45, 2.75) is 45.8 Å². The Bertz CT molecular complexity index is 796. The molecule has 156 valence electrons. The van der Waals surface area contributed by atoms with Crippen molar-refractivity contribution in [1.82, 2.24) is 15.3 Å². The number of anilines is 1. The van der Waals surface area contributed by atoms with Gasteiger partial charge in [-0.15, -0.1) is 0 Å². The van der Waals surface area contributed by atoms with E-state index in [4.69, 9.17) is 9.47 Å². The van der Waals surface area contributed by atoms with Crippen molar-refractivity contribution in [3.8, 4) is 5.88 Å². The van der Waals surface area contributed by atoms with E-state index in [0.717, 1.165) is 24.5 Å². The van der Waals surface area contributed by atoms with Crippen LogP contribution in [0.25, 0.3) is 0 Å². The zero-order valence-corrected chi connectivity index (χ0v) is 17.5. The molecule has 1 saturated heterocycles. The van der Waals surface area contributed by atoms with Crippen LogP contribution < -0.4 is 15.0 Å². The third-order valence-corrected chi connectivity index (χ3v) is 4.58.